The Labute approximate surface area is 83.1 Å². The molecule has 14 heavy (non-hydrogen) atoms. The van der Waals surface area contributed by atoms with Crippen molar-refractivity contribution in [3.63, 3.8) is 0 Å². The zero-order valence-electron chi connectivity index (χ0n) is 8.31. The second-order valence-electron chi connectivity index (χ2n) is 4.71. The van der Waals surface area contributed by atoms with Gasteiger partial charge in [-0.2, -0.15) is 0 Å². The van der Waals surface area contributed by atoms with Crippen LogP contribution in [0.2, 0.25) is 0 Å². The minimum Gasteiger partial charge on any atom is -0.340 e. The number of rotatable bonds is 2. The van der Waals surface area contributed by atoms with Gasteiger partial charge in [-0.3, -0.25) is 4.79 Å². The van der Waals surface area contributed by atoms with Crippen molar-refractivity contribution >= 4 is 5.78 Å². The maximum absolute atomic E-state index is 12.0. The number of hydrogen-bond donors (Lipinski definition) is 0. The van der Waals surface area contributed by atoms with Crippen LogP contribution in [0.3, 0.4) is 0 Å². The number of carbonyl (C=O) groups excluding carboxylic acids is 1. The Balaban J connectivity index is 1.76. The lowest BCUT2D eigenvalue weighted by molar-refractivity contribution is 0.0909. The second-order valence-corrected chi connectivity index (χ2v) is 4.71. The highest BCUT2D eigenvalue weighted by atomic mass is 16.1. The molecule has 1 aromatic rings. The topological polar surface area (TPSA) is 34.9 Å². The van der Waals surface area contributed by atoms with E-state index < -0.39 is 0 Å². The molecule has 2 fully saturated rings. The van der Waals surface area contributed by atoms with Crippen LogP contribution in [0.4, 0.5) is 0 Å². The summed E-state index contributed by atoms with van der Waals surface area (Å²) in [5.41, 5.74) is 0.652. The first-order chi connectivity index (χ1) is 6.74. The van der Waals surface area contributed by atoms with E-state index >= 15 is 0 Å². The summed E-state index contributed by atoms with van der Waals surface area (Å²) in [4.78, 5) is 16.1. The number of nitrogens with zero attached hydrogens (tertiary/aromatic N) is 2. The molecule has 0 saturated heterocycles. The highest BCUT2D eigenvalue weighted by Gasteiger charge is 2.48. The third-order valence-corrected chi connectivity index (χ3v) is 3.57. The minimum atomic E-state index is 0.262. The summed E-state index contributed by atoms with van der Waals surface area (Å²) in [5, 5.41) is 0. The number of fused-ring (bicyclic) bond motifs is 1. The zero-order chi connectivity index (χ0) is 9.71. The summed E-state index contributed by atoms with van der Waals surface area (Å²) in [7, 11) is 1.90. The average Bonchev–Trinajstić information content (AvgIpc) is 2.64. The van der Waals surface area contributed by atoms with Crippen molar-refractivity contribution in [2.45, 2.75) is 19.3 Å². The number of Topliss-reactive ketones (excluding diaryl/α,β-unsaturated/α-hetero) is 1. The number of imidazole rings is 1. The van der Waals surface area contributed by atoms with Crippen LogP contribution < -0.4 is 0 Å². The highest BCUT2D eigenvalue weighted by Crippen LogP contribution is 2.54. The van der Waals surface area contributed by atoms with Gasteiger partial charge in [0.25, 0.3) is 0 Å². The zero-order valence-corrected chi connectivity index (χ0v) is 8.31. The average molecular weight is 190 g/mol. The number of ketones is 1. The van der Waals surface area contributed by atoms with Crippen LogP contribution >= 0.6 is 0 Å². The Morgan fingerprint density at radius 3 is 2.71 bits per heavy atom. The van der Waals surface area contributed by atoms with E-state index in [1.807, 2.05) is 17.8 Å². The van der Waals surface area contributed by atoms with Crippen LogP contribution in [-0.4, -0.2) is 15.3 Å². The van der Waals surface area contributed by atoms with Gasteiger partial charge in [0.15, 0.2) is 5.78 Å². The molecule has 1 aromatic heterocycles. The summed E-state index contributed by atoms with van der Waals surface area (Å²) in [6, 6.07) is 0. The van der Waals surface area contributed by atoms with Crippen LogP contribution in [0.5, 0.6) is 0 Å². The van der Waals surface area contributed by atoms with E-state index in [1.54, 1.807) is 6.33 Å². The van der Waals surface area contributed by atoms with Crippen LogP contribution in [-0.2, 0) is 7.05 Å². The van der Waals surface area contributed by atoms with E-state index in [4.69, 9.17) is 0 Å². The monoisotopic (exact) mass is 190 g/mol. The predicted molar refractivity (Wildman–Crippen MR) is 51.9 cm³/mol. The van der Waals surface area contributed by atoms with Gasteiger partial charge in [0.1, 0.15) is 5.69 Å². The number of aryl methyl sites for hydroxylation is 1. The molecule has 3 heteroatoms. The molecule has 3 rings (SSSR count). The van der Waals surface area contributed by atoms with Gasteiger partial charge >= 0.3 is 0 Å². The van der Waals surface area contributed by atoms with E-state index in [9.17, 15) is 4.79 Å². The lowest BCUT2D eigenvalue weighted by Gasteiger charge is -2.07. The second kappa shape index (κ2) is 2.69. The molecular formula is C11H14N2O. The fourth-order valence-corrected chi connectivity index (χ4v) is 2.68. The van der Waals surface area contributed by atoms with Crippen molar-refractivity contribution in [2.75, 3.05) is 0 Å². The third-order valence-electron chi connectivity index (χ3n) is 3.57. The Bertz CT molecular complexity index is 372. The van der Waals surface area contributed by atoms with Gasteiger partial charge < -0.3 is 4.57 Å². The van der Waals surface area contributed by atoms with E-state index in [0.29, 0.717) is 5.69 Å². The smallest absolute Gasteiger partial charge is 0.185 e. The molecule has 0 spiro atoms. The first kappa shape index (κ1) is 8.21. The first-order valence-corrected chi connectivity index (χ1v) is 5.26. The molecule has 74 valence electrons. The van der Waals surface area contributed by atoms with Crippen LogP contribution in [0, 0.1) is 17.8 Å². The SMILES string of the molecule is Cn1cnc(C(=O)C2CC3CC3C2)c1. The molecule has 2 unspecified atom stereocenters. The molecule has 2 aliphatic carbocycles. The quantitative estimate of drug-likeness (QED) is 0.664. The van der Waals surface area contributed by atoms with Crippen molar-refractivity contribution in [3.05, 3.63) is 18.2 Å². The van der Waals surface area contributed by atoms with Crippen molar-refractivity contribution in [3.8, 4) is 0 Å². The summed E-state index contributed by atoms with van der Waals surface area (Å²) in [6.07, 6.45) is 7.11. The Morgan fingerprint density at radius 2 is 2.14 bits per heavy atom. The van der Waals surface area contributed by atoms with E-state index in [1.165, 1.54) is 6.42 Å². The van der Waals surface area contributed by atoms with Crippen LogP contribution in [0.25, 0.3) is 0 Å². The van der Waals surface area contributed by atoms with Crippen molar-refractivity contribution < 1.29 is 4.79 Å². The van der Waals surface area contributed by atoms with Gasteiger partial charge in [0.2, 0.25) is 0 Å². The van der Waals surface area contributed by atoms with Crippen LogP contribution in [0.1, 0.15) is 29.8 Å². The lowest BCUT2D eigenvalue weighted by atomic mass is 9.97. The number of carbonyl (C=O) groups is 1. The lowest BCUT2D eigenvalue weighted by Crippen LogP contribution is -2.13. The fraction of sp³-hybridized carbons (Fsp3) is 0.636. The van der Waals surface area contributed by atoms with Gasteiger partial charge in [0.05, 0.1) is 6.33 Å². The van der Waals surface area contributed by atoms with E-state index in [-0.39, 0.29) is 11.7 Å². The molecule has 0 N–H and O–H groups in total. The van der Waals surface area contributed by atoms with Gasteiger partial charge in [-0.25, -0.2) is 4.98 Å². The fourth-order valence-electron chi connectivity index (χ4n) is 2.68. The van der Waals surface area contributed by atoms with Gasteiger partial charge in [0, 0.05) is 19.2 Å². The molecule has 2 atom stereocenters. The number of aromatic nitrogens is 2. The Hall–Kier alpha value is -1.12. The summed E-state index contributed by atoms with van der Waals surface area (Å²) in [5.74, 6) is 2.27. The molecule has 3 nitrogen and oxygen atoms in total. The van der Waals surface area contributed by atoms with Crippen molar-refractivity contribution in [2.24, 2.45) is 24.8 Å². The molecule has 1 heterocycles. The molecule has 0 aromatic carbocycles. The summed E-state index contributed by atoms with van der Waals surface area (Å²) < 4.78 is 1.84. The summed E-state index contributed by atoms with van der Waals surface area (Å²) >= 11 is 0. The van der Waals surface area contributed by atoms with Crippen molar-refractivity contribution in [1.29, 1.82) is 0 Å². The van der Waals surface area contributed by atoms with E-state index in [0.717, 1.165) is 24.7 Å². The first-order valence-electron chi connectivity index (χ1n) is 5.26. The molecule has 0 amide bonds. The molecule has 0 aliphatic heterocycles. The van der Waals surface area contributed by atoms with E-state index in [2.05, 4.69) is 4.98 Å². The molecule has 0 radical (unpaired) electrons. The van der Waals surface area contributed by atoms with Gasteiger partial charge in [-0.05, 0) is 31.1 Å². The molecular weight excluding hydrogens is 176 g/mol. The standard InChI is InChI=1S/C11H14N2O/c1-13-5-10(12-6-13)11(14)9-3-7-2-8(7)4-9/h5-9H,2-4H2,1H3. The Morgan fingerprint density at radius 1 is 1.43 bits per heavy atom. The third kappa shape index (κ3) is 1.19. The minimum absolute atomic E-state index is 0.262. The Kier molecular flexibility index (Phi) is 1.58. The molecule has 0 bridgehead atoms. The predicted octanol–water partition coefficient (Wildman–Crippen LogP) is 1.65. The van der Waals surface area contributed by atoms with Gasteiger partial charge in [-0.1, -0.05) is 0 Å². The maximum atomic E-state index is 12.0. The molecule has 2 aliphatic rings. The highest BCUT2D eigenvalue weighted by molar-refractivity contribution is 5.96. The normalized spacial score (nSPS) is 34.2. The number of hydrogen-bond acceptors (Lipinski definition) is 2. The maximum Gasteiger partial charge on any atom is 0.185 e. The largest absolute Gasteiger partial charge is 0.340 e. The summed E-state index contributed by atoms with van der Waals surface area (Å²) in [6.45, 7) is 0. The van der Waals surface area contributed by atoms with Crippen LogP contribution in [0.15, 0.2) is 12.5 Å². The molecule has 2 saturated carbocycles. The van der Waals surface area contributed by atoms with Gasteiger partial charge in [-0.15, -0.1) is 0 Å². The van der Waals surface area contributed by atoms with Crippen molar-refractivity contribution in [1.82, 2.24) is 9.55 Å².